The molecule has 32 valence electrons. The molecule has 0 bridgehead atoms. The lowest BCUT2D eigenvalue weighted by atomic mass is 10.7. The van der Waals surface area contributed by atoms with Crippen LogP contribution in [0.4, 0.5) is 0 Å². The maximum Gasteiger partial charge on any atom is -0.0429 e. The van der Waals surface area contributed by atoms with Gasteiger partial charge in [0.25, 0.3) is 0 Å². The van der Waals surface area contributed by atoms with Gasteiger partial charge in [0.2, 0.25) is 0 Å². The predicted molar refractivity (Wildman–Crippen MR) is 33.3 cm³/mol. The van der Waals surface area contributed by atoms with Crippen molar-refractivity contribution in [3.8, 4) is 0 Å². The summed E-state index contributed by atoms with van der Waals surface area (Å²) in [6.45, 7) is 7.31. The van der Waals surface area contributed by atoms with E-state index in [0.29, 0.717) is 0 Å². The molecule has 0 amide bonds. The van der Waals surface area contributed by atoms with E-state index in [9.17, 15) is 0 Å². The van der Waals surface area contributed by atoms with Crippen molar-refractivity contribution in [2.45, 2.75) is 19.6 Å². The van der Waals surface area contributed by atoms with Gasteiger partial charge in [0, 0.05) is 0 Å². The minimum Gasteiger partial charge on any atom is -0.112 e. The van der Waals surface area contributed by atoms with Crippen LogP contribution in [0.2, 0.25) is 19.6 Å². The highest BCUT2D eigenvalue weighted by atomic mass is 28.3. The zero-order valence-electron chi connectivity index (χ0n) is 3.50. The van der Waals surface area contributed by atoms with Crippen LogP contribution in [0.25, 0.3) is 0 Å². The summed E-state index contributed by atoms with van der Waals surface area (Å²) in [6.07, 6.45) is 0. The van der Waals surface area contributed by atoms with Crippen molar-refractivity contribution in [1.29, 1.82) is 0 Å². The Morgan fingerprint density at radius 1 is 1.20 bits per heavy atom. The molecule has 0 aromatic carbocycles. The van der Waals surface area contributed by atoms with Gasteiger partial charge in [0.1, 0.15) is 0 Å². The Balaban J connectivity index is 3.02. The molecule has 0 atom stereocenters. The van der Waals surface area contributed by atoms with Gasteiger partial charge >= 0.3 is 0 Å². The molecule has 0 aliphatic rings. The van der Waals surface area contributed by atoms with E-state index in [1.165, 1.54) is 0 Å². The highest BCUT2D eigenvalue weighted by Gasteiger charge is 1.90. The largest absolute Gasteiger partial charge is 0.112 e. The second kappa shape index (κ2) is 1.17. The number of hydrogen-bond acceptors (Lipinski definition) is 0. The molecule has 0 aromatic rings. The third-order valence-electron chi connectivity index (χ3n) is 0. The van der Waals surface area contributed by atoms with Crippen LogP contribution in [0.5, 0.6) is 0 Å². The van der Waals surface area contributed by atoms with Crippen LogP contribution in [0.1, 0.15) is 0 Å². The molecular formula is C3H12BSi-. The first-order valence-corrected chi connectivity index (χ1v) is 4.50. The van der Waals surface area contributed by atoms with Gasteiger partial charge in [-0.05, 0) is 7.44 Å². The Hall–Kier alpha value is 0.282. The minimum atomic E-state index is -0.361. The molecule has 0 aromatic heterocycles. The zero-order valence-corrected chi connectivity index (χ0v) is 4.50. The summed E-state index contributed by atoms with van der Waals surface area (Å²) in [7, 11) is 0.382. The minimum absolute atomic E-state index is 0.361. The normalized spacial score (nSPS) is 12.0. The molecule has 0 aliphatic carbocycles. The average molecular weight is 87.0 g/mol. The molecule has 0 rings (SSSR count). The van der Waals surface area contributed by atoms with E-state index in [0.717, 1.165) is 7.44 Å². The molecule has 0 unspecified atom stereocenters. The predicted octanol–water partition coefficient (Wildman–Crippen LogP) is 0.187. The van der Waals surface area contributed by atoms with Crippen molar-refractivity contribution in [3.63, 3.8) is 0 Å². The van der Waals surface area contributed by atoms with Gasteiger partial charge in [-0.3, -0.25) is 0 Å². The van der Waals surface area contributed by atoms with Crippen LogP contribution in [0.3, 0.4) is 0 Å². The van der Waals surface area contributed by atoms with Crippen LogP contribution >= 0.6 is 0 Å². The zero-order chi connectivity index (χ0) is 4.50. The molecule has 0 spiro atoms. The summed E-state index contributed by atoms with van der Waals surface area (Å²) in [5.74, 6) is 0. The molecule has 0 radical (unpaired) electrons. The fraction of sp³-hybridized carbons (Fsp3) is 1.00. The molecule has 0 saturated heterocycles. The SMILES string of the molecule is [BH3-][Si](C)(C)C. The van der Waals surface area contributed by atoms with Crippen LogP contribution in [-0.4, -0.2) is 15.4 Å². The molecule has 0 nitrogen and oxygen atoms in total. The van der Waals surface area contributed by atoms with E-state index in [1.807, 2.05) is 0 Å². The topological polar surface area (TPSA) is 0 Å². The smallest absolute Gasteiger partial charge is 0.0429 e. The van der Waals surface area contributed by atoms with Gasteiger partial charge < -0.3 is 0 Å². The molecule has 0 aliphatic heterocycles. The summed E-state index contributed by atoms with van der Waals surface area (Å²) in [5, 5.41) is 0. The highest BCUT2D eigenvalue weighted by molar-refractivity contribution is 7.15. The molecule has 0 saturated carbocycles. The summed E-state index contributed by atoms with van der Waals surface area (Å²) in [4.78, 5) is 0. The maximum absolute atomic E-state index is 2.44. The van der Waals surface area contributed by atoms with Gasteiger partial charge in [-0.25, -0.2) is 0 Å². The third kappa shape index (κ3) is 281. The fourth-order valence-corrected chi connectivity index (χ4v) is 0. The number of rotatable bonds is 0. The first-order valence-electron chi connectivity index (χ1n) is 1.50. The number of hydrogen-bond donors (Lipinski definition) is 0. The van der Waals surface area contributed by atoms with E-state index in [-0.39, 0.29) is 7.94 Å². The van der Waals surface area contributed by atoms with Crippen molar-refractivity contribution < 1.29 is 0 Å². The van der Waals surface area contributed by atoms with Gasteiger partial charge in [0.15, 0.2) is 0 Å². The Kier molecular flexibility index (Phi) is 1.23. The summed E-state index contributed by atoms with van der Waals surface area (Å²) in [5.41, 5.74) is 0. The van der Waals surface area contributed by atoms with Crippen LogP contribution < -0.4 is 0 Å². The lowest BCUT2D eigenvalue weighted by Gasteiger charge is -2.10. The van der Waals surface area contributed by atoms with Crippen molar-refractivity contribution in [2.24, 2.45) is 0 Å². The first kappa shape index (κ1) is 5.28. The van der Waals surface area contributed by atoms with Crippen molar-refractivity contribution >= 4 is 15.4 Å². The van der Waals surface area contributed by atoms with Crippen LogP contribution in [0.15, 0.2) is 0 Å². The van der Waals surface area contributed by atoms with Crippen LogP contribution in [0, 0.1) is 0 Å². The fourth-order valence-electron chi connectivity index (χ4n) is 0. The maximum atomic E-state index is 2.44. The lowest BCUT2D eigenvalue weighted by molar-refractivity contribution is 1.87. The molecule has 0 N–H and O–H groups in total. The van der Waals surface area contributed by atoms with Crippen LogP contribution in [-0.2, 0) is 0 Å². The summed E-state index contributed by atoms with van der Waals surface area (Å²) < 4.78 is 0. The van der Waals surface area contributed by atoms with E-state index in [2.05, 4.69) is 19.6 Å². The Morgan fingerprint density at radius 2 is 1.20 bits per heavy atom. The molecule has 0 fully saturated rings. The Morgan fingerprint density at radius 3 is 1.20 bits per heavy atom. The quantitative estimate of drug-likeness (QED) is 0.370. The second-order valence-corrected chi connectivity index (χ2v) is 4.50. The lowest BCUT2D eigenvalue weighted by Crippen LogP contribution is -2.18. The van der Waals surface area contributed by atoms with Crippen molar-refractivity contribution in [1.82, 2.24) is 0 Å². The Bertz CT molecular complexity index is 22.4. The molecule has 5 heavy (non-hydrogen) atoms. The van der Waals surface area contributed by atoms with Crippen molar-refractivity contribution in [2.75, 3.05) is 0 Å². The summed E-state index contributed by atoms with van der Waals surface area (Å²) in [6, 6.07) is 0. The van der Waals surface area contributed by atoms with E-state index >= 15 is 0 Å². The van der Waals surface area contributed by atoms with E-state index in [1.54, 1.807) is 0 Å². The second-order valence-electron chi connectivity index (χ2n) is 1.50. The van der Waals surface area contributed by atoms with Gasteiger partial charge in [0.05, 0.1) is 0 Å². The van der Waals surface area contributed by atoms with Gasteiger partial charge in [-0.2, -0.15) is 0 Å². The molecule has 2 heteroatoms. The van der Waals surface area contributed by atoms with Gasteiger partial charge in [-0.15, -0.1) is 7.94 Å². The highest BCUT2D eigenvalue weighted by Crippen LogP contribution is 1.87. The first-order chi connectivity index (χ1) is 2.00. The van der Waals surface area contributed by atoms with E-state index < -0.39 is 0 Å². The average Bonchev–Trinajstić information content (AvgIpc) is 0.722. The summed E-state index contributed by atoms with van der Waals surface area (Å²) >= 11 is 0. The standard InChI is InChI=1S/C3H12BSi/c1-5(2,3)4/h1-4H3/q-1. The van der Waals surface area contributed by atoms with Gasteiger partial charge in [-0.1, -0.05) is 19.6 Å². The monoisotopic (exact) mass is 87.1 g/mol. The van der Waals surface area contributed by atoms with Crippen molar-refractivity contribution in [3.05, 3.63) is 0 Å². The Labute approximate surface area is 35.9 Å². The molecule has 0 heterocycles. The van der Waals surface area contributed by atoms with E-state index in [4.69, 9.17) is 0 Å². The molecular weight excluding hydrogens is 74.9 g/mol. The third-order valence-corrected chi connectivity index (χ3v) is 0.